The Hall–Kier alpha value is -1.82. The maximum absolute atomic E-state index is 11.2. The number of imidazole rings is 1. The van der Waals surface area contributed by atoms with Crippen molar-refractivity contribution in [3.63, 3.8) is 0 Å². The zero-order valence-electron chi connectivity index (χ0n) is 8.64. The van der Waals surface area contributed by atoms with Crippen LogP contribution < -0.4 is 5.73 Å². The number of nitrogens with zero attached hydrogens (tertiary/aromatic N) is 1. The summed E-state index contributed by atoms with van der Waals surface area (Å²) in [6.07, 6.45) is 2.78. The summed E-state index contributed by atoms with van der Waals surface area (Å²) >= 11 is 0. The van der Waals surface area contributed by atoms with Crippen LogP contribution in [0, 0.1) is 0 Å². The number of benzene rings is 1. The third kappa shape index (κ3) is 2.06. The van der Waals surface area contributed by atoms with Crippen LogP contribution in [0.3, 0.4) is 0 Å². The lowest BCUT2D eigenvalue weighted by Gasteiger charge is -2.00. The minimum Gasteiger partial charge on any atom is -0.369 e. The summed E-state index contributed by atoms with van der Waals surface area (Å²) in [6.45, 7) is 0. The molecule has 0 saturated carbocycles. The molecule has 0 radical (unpaired) electrons. The van der Waals surface area contributed by atoms with Crippen LogP contribution in [0.5, 0.6) is 0 Å². The maximum Gasteiger partial charge on any atom is 0.197 e. The van der Waals surface area contributed by atoms with Gasteiger partial charge < -0.3 is 10.7 Å². The second kappa shape index (κ2) is 3.64. The third-order valence-electron chi connectivity index (χ3n) is 2.19. The van der Waals surface area contributed by atoms with Gasteiger partial charge in [0.25, 0.3) is 0 Å². The highest BCUT2D eigenvalue weighted by atomic mass is 32.2. The molecule has 0 aliphatic rings. The first-order valence-electron chi connectivity index (χ1n) is 4.58. The van der Waals surface area contributed by atoms with Gasteiger partial charge in [0, 0.05) is 6.26 Å². The number of rotatable bonds is 2. The number of aromatic nitrogens is 2. The first kappa shape index (κ1) is 10.7. The van der Waals surface area contributed by atoms with Gasteiger partial charge in [0.1, 0.15) is 0 Å². The number of nitrogens with two attached hydrogens (primary N) is 1. The molecule has 84 valence electrons. The highest BCUT2D eigenvalue weighted by Crippen LogP contribution is 2.19. The molecule has 0 fully saturated rings. The molecule has 0 amide bonds. The maximum atomic E-state index is 11.2. The Balaban J connectivity index is 2.40. The number of aromatic amines is 1. The molecule has 3 N–H and O–H groups in total. The molecule has 5 nitrogen and oxygen atoms in total. The van der Waals surface area contributed by atoms with Gasteiger partial charge in [-0.15, -0.1) is 0 Å². The predicted molar refractivity (Wildman–Crippen MR) is 61.5 cm³/mol. The molecule has 1 aromatic carbocycles. The van der Waals surface area contributed by atoms with Crippen molar-refractivity contribution in [3.05, 3.63) is 30.5 Å². The van der Waals surface area contributed by atoms with Crippen LogP contribution in [-0.2, 0) is 9.84 Å². The smallest absolute Gasteiger partial charge is 0.197 e. The molecular weight excluding hydrogens is 226 g/mol. The average Bonchev–Trinajstić information content (AvgIpc) is 2.64. The van der Waals surface area contributed by atoms with Crippen molar-refractivity contribution >= 4 is 15.8 Å². The van der Waals surface area contributed by atoms with Crippen molar-refractivity contribution in [2.75, 3.05) is 12.0 Å². The molecular formula is C10H11N3O2S. The van der Waals surface area contributed by atoms with E-state index < -0.39 is 9.84 Å². The molecule has 2 rings (SSSR count). The van der Waals surface area contributed by atoms with Crippen LogP contribution in [0.25, 0.3) is 11.3 Å². The lowest BCUT2D eigenvalue weighted by molar-refractivity contribution is 0.602. The van der Waals surface area contributed by atoms with E-state index >= 15 is 0 Å². The molecule has 16 heavy (non-hydrogen) atoms. The Kier molecular flexibility index (Phi) is 2.43. The van der Waals surface area contributed by atoms with Crippen molar-refractivity contribution in [2.24, 2.45) is 0 Å². The molecule has 0 atom stereocenters. The van der Waals surface area contributed by atoms with E-state index in [0.29, 0.717) is 10.8 Å². The Morgan fingerprint density at radius 2 is 1.88 bits per heavy atom. The molecule has 0 unspecified atom stereocenters. The van der Waals surface area contributed by atoms with Crippen molar-refractivity contribution in [1.29, 1.82) is 0 Å². The van der Waals surface area contributed by atoms with Gasteiger partial charge in [0.2, 0.25) is 0 Å². The minimum atomic E-state index is -3.15. The van der Waals surface area contributed by atoms with Crippen molar-refractivity contribution in [3.8, 4) is 11.3 Å². The number of anilines is 1. The monoisotopic (exact) mass is 237 g/mol. The van der Waals surface area contributed by atoms with Crippen LogP contribution in [-0.4, -0.2) is 24.6 Å². The zero-order chi connectivity index (χ0) is 11.8. The van der Waals surface area contributed by atoms with Gasteiger partial charge in [-0.1, -0.05) is 12.1 Å². The van der Waals surface area contributed by atoms with Crippen molar-refractivity contribution < 1.29 is 8.42 Å². The fraction of sp³-hybridized carbons (Fsp3) is 0.100. The number of hydrogen-bond donors (Lipinski definition) is 2. The van der Waals surface area contributed by atoms with Crippen LogP contribution in [0.15, 0.2) is 35.4 Å². The van der Waals surface area contributed by atoms with E-state index in [2.05, 4.69) is 9.97 Å². The normalized spacial score (nSPS) is 11.6. The molecule has 0 aliphatic carbocycles. The second-order valence-electron chi connectivity index (χ2n) is 3.48. The lowest BCUT2D eigenvalue weighted by Crippen LogP contribution is -1.96. The highest BCUT2D eigenvalue weighted by Gasteiger charge is 2.07. The van der Waals surface area contributed by atoms with Crippen molar-refractivity contribution in [1.82, 2.24) is 9.97 Å². The SMILES string of the molecule is CS(=O)(=O)c1ccc(-c2cnc(N)[nH]2)cc1. The number of H-pyrrole nitrogens is 1. The number of nitrogens with one attached hydrogen (secondary N) is 1. The Labute approximate surface area is 93.2 Å². The molecule has 2 aromatic rings. The first-order valence-corrected chi connectivity index (χ1v) is 6.47. The van der Waals surface area contributed by atoms with E-state index in [9.17, 15) is 8.42 Å². The van der Waals surface area contributed by atoms with Crippen LogP contribution >= 0.6 is 0 Å². The van der Waals surface area contributed by atoms with Crippen LogP contribution in [0.2, 0.25) is 0 Å². The molecule has 0 bridgehead atoms. The molecule has 0 spiro atoms. The van der Waals surface area contributed by atoms with Gasteiger partial charge in [0.05, 0.1) is 16.8 Å². The van der Waals surface area contributed by atoms with Gasteiger partial charge >= 0.3 is 0 Å². The molecule has 0 aliphatic heterocycles. The molecule has 1 aromatic heterocycles. The van der Waals surface area contributed by atoms with E-state index in [-0.39, 0.29) is 0 Å². The molecule has 0 saturated heterocycles. The summed E-state index contributed by atoms with van der Waals surface area (Å²) in [4.78, 5) is 7.03. The largest absolute Gasteiger partial charge is 0.369 e. The summed E-state index contributed by atoms with van der Waals surface area (Å²) in [7, 11) is -3.15. The third-order valence-corrected chi connectivity index (χ3v) is 3.32. The standard InChI is InChI=1S/C10H11N3O2S/c1-16(14,15)8-4-2-7(3-5-8)9-6-12-10(11)13-9/h2-6H,1H3,(H3,11,12,13). The summed E-state index contributed by atoms with van der Waals surface area (Å²) in [5.41, 5.74) is 7.06. The predicted octanol–water partition coefficient (Wildman–Crippen LogP) is 1.06. The Morgan fingerprint density at radius 1 is 1.25 bits per heavy atom. The quantitative estimate of drug-likeness (QED) is 0.817. The lowest BCUT2D eigenvalue weighted by atomic mass is 10.2. The number of sulfone groups is 1. The van der Waals surface area contributed by atoms with Crippen LogP contribution in [0.1, 0.15) is 0 Å². The molecule has 6 heteroatoms. The fourth-order valence-electron chi connectivity index (χ4n) is 1.37. The van der Waals surface area contributed by atoms with E-state index in [1.54, 1.807) is 30.5 Å². The van der Waals surface area contributed by atoms with Gasteiger partial charge in [-0.3, -0.25) is 0 Å². The Morgan fingerprint density at radius 3 is 2.31 bits per heavy atom. The average molecular weight is 237 g/mol. The van der Waals surface area contributed by atoms with E-state index in [4.69, 9.17) is 5.73 Å². The highest BCUT2D eigenvalue weighted by molar-refractivity contribution is 7.90. The fourth-order valence-corrected chi connectivity index (χ4v) is 2.00. The topological polar surface area (TPSA) is 88.8 Å². The van der Waals surface area contributed by atoms with Crippen LogP contribution in [0.4, 0.5) is 5.95 Å². The molecule has 1 heterocycles. The van der Waals surface area contributed by atoms with E-state index in [1.165, 1.54) is 6.26 Å². The summed E-state index contributed by atoms with van der Waals surface area (Å²) in [6, 6.07) is 6.54. The summed E-state index contributed by atoms with van der Waals surface area (Å²) < 4.78 is 22.5. The van der Waals surface area contributed by atoms with Crippen molar-refractivity contribution in [2.45, 2.75) is 4.90 Å². The minimum absolute atomic E-state index is 0.295. The summed E-state index contributed by atoms with van der Waals surface area (Å²) in [5, 5.41) is 0. The number of nitrogen functional groups attached to an aromatic ring is 1. The Bertz CT molecular complexity index is 599. The van der Waals surface area contributed by atoms with Gasteiger partial charge in [-0.05, 0) is 17.7 Å². The van der Waals surface area contributed by atoms with Gasteiger partial charge in [-0.2, -0.15) is 0 Å². The second-order valence-corrected chi connectivity index (χ2v) is 5.49. The van der Waals surface area contributed by atoms with Gasteiger partial charge in [-0.25, -0.2) is 13.4 Å². The number of hydrogen-bond acceptors (Lipinski definition) is 4. The zero-order valence-corrected chi connectivity index (χ0v) is 9.45. The van der Waals surface area contributed by atoms with E-state index in [0.717, 1.165) is 11.3 Å². The van der Waals surface area contributed by atoms with Gasteiger partial charge in [0.15, 0.2) is 15.8 Å². The van der Waals surface area contributed by atoms with E-state index in [1.807, 2.05) is 0 Å². The summed E-state index contributed by atoms with van der Waals surface area (Å²) in [5.74, 6) is 0.335. The first-order chi connectivity index (χ1) is 7.47.